The molecule has 3 nitrogen and oxygen atoms in total. The highest BCUT2D eigenvalue weighted by molar-refractivity contribution is 6.29. The lowest BCUT2D eigenvalue weighted by molar-refractivity contribution is 0.300. The van der Waals surface area contributed by atoms with Gasteiger partial charge in [0, 0.05) is 6.54 Å². The first-order chi connectivity index (χ1) is 8.15. The van der Waals surface area contributed by atoms with Gasteiger partial charge in [-0.3, -0.25) is 0 Å². The van der Waals surface area contributed by atoms with E-state index in [1.165, 1.54) is 25.7 Å². The summed E-state index contributed by atoms with van der Waals surface area (Å²) >= 11 is 5.85. The number of anilines is 2. The molecule has 1 aromatic heterocycles. The van der Waals surface area contributed by atoms with E-state index in [1.54, 1.807) is 12.1 Å². The molecule has 0 radical (unpaired) electrons. The Balaban J connectivity index is 1.87. The minimum absolute atomic E-state index is 0.485. The highest BCUT2D eigenvalue weighted by Crippen LogP contribution is 2.29. The summed E-state index contributed by atoms with van der Waals surface area (Å²) in [5.41, 5.74) is 6.51. The normalized spacial score (nSPS) is 24.6. The Labute approximate surface area is 108 Å². The zero-order chi connectivity index (χ0) is 12.3. The van der Waals surface area contributed by atoms with E-state index in [9.17, 15) is 0 Å². The van der Waals surface area contributed by atoms with Gasteiger partial charge in [0.1, 0.15) is 5.15 Å². The molecule has 4 heteroatoms. The molecule has 2 rings (SSSR count). The molecule has 0 unspecified atom stereocenters. The number of rotatable bonds is 3. The van der Waals surface area contributed by atoms with Crippen LogP contribution in [0.15, 0.2) is 12.1 Å². The molecule has 0 atom stereocenters. The largest absolute Gasteiger partial charge is 0.396 e. The molecular formula is C13H20ClN3. The first-order valence-corrected chi connectivity index (χ1v) is 6.69. The van der Waals surface area contributed by atoms with Gasteiger partial charge in [0.05, 0.1) is 5.69 Å². The Hall–Kier alpha value is -0.960. The van der Waals surface area contributed by atoms with Gasteiger partial charge in [-0.05, 0) is 36.8 Å². The average Bonchev–Trinajstić information content (AvgIpc) is 2.32. The maximum absolute atomic E-state index is 5.85. The Bertz CT molecular complexity index is 373. The lowest BCUT2D eigenvalue weighted by Crippen LogP contribution is -2.21. The molecule has 1 aliphatic carbocycles. The molecule has 0 amide bonds. The van der Waals surface area contributed by atoms with Crippen molar-refractivity contribution in [3.8, 4) is 0 Å². The van der Waals surface area contributed by atoms with Crippen LogP contribution in [0.1, 0.15) is 32.6 Å². The van der Waals surface area contributed by atoms with Crippen molar-refractivity contribution >= 4 is 23.1 Å². The maximum atomic E-state index is 5.85. The SMILES string of the molecule is CC1CCC(CNc2nc(Cl)ccc2N)CC1. The molecule has 1 fully saturated rings. The first-order valence-electron chi connectivity index (χ1n) is 6.31. The topological polar surface area (TPSA) is 50.9 Å². The van der Waals surface area contributed by atoms with Crippen molar-refractivity contribution in [2.24, 2.45) is 11.8 Å². The number of hydrogen-bond donors (Lipinski definition) is 2. The number of pyridine rings is 1. The molecule has 1 heterocycles. The van der Waals surface area contributed by atoms with Gasteiger partial charge < -0.3 is 11.1 Å². The lowest BCUT2D eigenvalue weighted by atomic mass is 9.83. The third-order valence-corrected chi connectivity index (χ3v) is 3.80. The van der Waals surface area contributed by atoms with Crippen LogP contribution in [0.5, 0.6) is 0 Å². The van der Waals surface area contributed by atoms with Gasteiger partial charge >= 0.3 is 0 Å². The molecular weight excluding hydrogens is 234 g/mol. The fourth-order valence-corrected chi connectivity index (χ4v) is 2.51. The van der Waals surface area contributed by atoms with E-state index >= 15 is 0 Å². The van der Waals surface area contributed by atoms with Crippen molar-refractivity contribution in [1.82, 2.24) is 4.98 Å². The van der Waals surface area contributed by atoms with Crippen LogP contribution in [-0.4, -0.2) is 11.5 Å². The third kappa shape index (κ3) is 3.50. The summed E-state index contributed by atoms with van der Waals surface area (Å²) in [6, 6.07) is 3.50. The number of nitrogens with zero attached hydrogens (tertiary/aromatic N) is 1. The number of aromatic nitrogens is 1. The molecule has 0 spiro atoms. The van der Waals surface area contributed by atoms with Gasteiger partial charge in [-0.1, -0.05) is 31.4 Å². The number of hydrogen-bond acceptors (Lipinski definition) is 3. The Morgan fingerprint density at radius 2 is 2.06 bits per heavy atom. The summed E-state index contributed by atoms with van der Waals surface area (Å²) in [4.78, 5) is 4.20. The molecule has 0 aromatic carbocycles. The van der Waals surface area contributed by atoms with E-state index in [0.717, 1.165) is 24.2 Å². The molecule has 94 valence electrons. The Morgan fingerprint density at radius 3 is 2.76 bits per heavy atom. The zero-order valence-corrected chi connectivity index (χ0v) is 11.0. The van der Waals surface area contributed by atoms with Crippen LogP contribution in [0.3, 0.4) is 0 Å². The van der Waals surface area contributed by atoms with Crippen molar-refractivity contribution in [2.45, 2.75) is 32.6 Å². The molecule has 1 saturated carbocycles. The zero-order valence-electron chi connectivity index (χ0n) is 10.2. The number of nitrogens with one attached hydrogen (secondary N) is 1. The van der Waals surface area contributed by atoms with Crippen molar-refractivity contribution in [3.63, 3.8) is 0 Å². The van der Waals surface area contributed by atoms with Crippen molar-refractivity contribution in [3.05, 3.63) is 17.3 Å². The van der Waals surface area contributed by atoms with Crippen molar-refractivity contribution in [2.75, 3.05) is 17.6 Å². The van der Waals surface area contributed by atoms with Crippen molar-refractivity contribution in [1.29, 1.82) is 0 Å². The lowest BCUT2D eigenvalue weighted by Gasteiger charge is -2.26. The Kier molecular flexibility index (Phi) is 4.11. The predicted octanol–water partition coefficient (Wildman–Crippen LogP) is 3.56. The molecule has 17 heavy (non-hydrogen) atoms. The van der Waals surface area contributed by atoms with Crippen LogP contribution in [0.2, 0.25) is 5.15 Å². The van der Waals surface area contributed by atoms with E-state index < -0.39 is 0 Å². The van der Waals surface area contributed by atoms with Crippen LogP contribution in [0.4, 0.5) is 11.5 Å². The van der Waals surface area contributed by atoms with Crippen LogP contribution < -0.4 is 11.1 Å². The summed E-state index contributed by atoms with van der Waals surface area (Å²) in [6.07, 6.45) is 5.28. The van der Waals surface area contributed by atoms with E-state index in [0.29, 0.717) is 10.8 Å². The number of nitrogens with two attached hydrogens (primary N) is 1. The summed E-state index contributed by atoms with van der Waals surface area (Å²) in [6.45, 7) is 3.28. The quantitative estimate of drug-likeness (QED) is 0.810. The standard InChI is InChI=1S/C13H20ClN3/c1-9-2-4-10(5-3-9)8-16-13-11(15)6-7-12(14)17-13/h6-7,9-10H,2-5,8,15H2,1H3,(H,16,17). The van der Waals surface area contributed by atoms with Gasteiger partial charge in [-0.2, -0.15) is 0 Å². The second kappa shape index (κ2) is 5.58. The third-order valence-electron chi connectivity index (χ3n) is 3.59. The van der Waals surface area contributed by atoms with E-state index in [4.69, 9.17) is 17.3 Å². The van der Waals surface area contributed by atoms with Gasteiger partial charge in [0.2, 0.25) is 0 Å². The smallest absolute Gasteiger partial charge is 0.150 e. The number of halogens is 1. The summed E-state index contributed by atoms with van der Waals surface area (Å²) < 4.78 is 0. The fraction of sp³-hybridized carbons (Fsp3) is 0.615. The maximum Gasteiger partial charge on any atom is 0.150 e. The van der Waals surface area contributed by atoms with Gasteiger partial charge in [0.15, 0.2) is 5.82 Å². The summed E-state index contributed by atoms with van der Waals surface area (Å²) in [5.74, 6) is 2.35. The van der Waals surface area contributed by atoms with E-state index in [1.807, 2.05) is 0 Å². The van der Waals surface area contributed by atoms with Gasteiger partial charge in [-0.25, -0.2) is 4.98 Å². The molecule has 0 bridgehead atoms. The fourth-order valence-electron chi connectivity index (χ4n) is 2.36. The van der Waals surface area contributed by atoms with Crippen molar-refractivity contribution < 1.29 is 0 Å². The minimum Gasteiger partial charge on any atom is -0.396 e. The van der Waals surface area contributed by atoms with Crippen LogP contribution in [0.25, 0.3) is 0 Å². The second-order valence-corrected chi connectivity index (χ2v) is 5.47. The van der Waals surface area contributed by atoms with Gasteiger partial charge in [-0.15, -0.1) is 0 Å². The monoisotopic (exact) mass is 253 g/mol. The molecule has 0 aliphatic heterocycles. The molecule has 1 aromatic rings. The van der Waals surface area contributed by atoms with Crippen LogP contribution >= 0.6 is 11.6 Å². The highest BCUT2D eigenvalue weighted by Gasteiger charge is 2.18. The summed E-state index contributed by atoms with van der Waals surface area (Å²) in [7, 11) is 0. The Morgan fingerprint density at radius 1 is 1.35 bits per heavy atom. The molecule has 3 N–H and O–H groups in total. The van der Waals surface area contributed by atoms with E-state index in [-0.39, 0.29) is 0 Å². The molecule has 1 aliphatic rings. The average molecular weight is 254 g/mol. The summed E-state index contributed by atoms with van der Waals surface area (Å²) in [5, 5.41) is 3.80. The minimum atomic E-state index is 0.485. The molecule has 0 saturated heterocycles. The highest BCUT2D eigenvalue weighted by atomic mass is 35.5. The second-order valence-electron chi connectivity index (χ2n) is 5.08. The van der Waals surface area contributed by atoms with E-state index in [2.05, 4.69) is 17.2 Å². The van der Waals surface area contributed by atoms with Crippen LogP contribution in [-0.2, 0) is 0 Å². The van der Waals surface area contributed by atoms with Gasteiger partial charge in [0.25, 0.3) is 0 Å². The first kappa shape index (κ1) is 12.5. The predicted molar refractivity (Wildman–Crippen MR) is 73.3 cm³/mol. The van der Waals surface area contributed by atoms with Crippen LogP contribution in [0, 0.1) is 11.8 Å². The number of nitrogen functional groups attached to an aromatic ring is 1.